The minimum absolute atomic E-state index is 0.0320. The van der Waals surface area contributed by atoms with E-state index in [0.29, 0.717) is 0 Å². The van der Waals surface area contributed by atoms with Crippen molar-refractivity contribution in [3.05, 3.63) is 29.6 Å². The first kappa shape index (κ1) is 12.4. The number of methoxy groups -OCH3 is 2. The normalized spacial score (nSPS) is 12.0. The second kappa shape index (κ2) is 5.46. The summed E-state index contributed by atoms with van der Waals surface area (Å²) in [6.45, 7) is 0. The van der Waals surface area contributed by atoms with E-state index in [9.17, 15) is 14.3 Å². The fourth-order valence-electron chi connectivity index (χ4n) is 1.36. The third kappa shape index (κ3) is 2.70. The Morgan fingerprint density at radius 2 is 2.19 bits per heavy atom. The van der Waals surface area contributed by atoms with Gasteiger partial charge in [-0.25, -0.2) is 4.39 Å². The summed E-state index contributed by atoms with van der Waals surface area (Å²) in [4.78, 5) is 11.0. The van der Waals surface area contributed by atoms with Gasteiger partial charge in [0.25, 0.3) is 0 Å². The standard InChI is InChI=1S/C11H13FO4/c1-15-9-5-3-4-7(12)11(9)8(13)6-10(14)16-2/h3-5,8,13H,6H2,1-2H3/t8-/m0/s1. The molecule has 16 heavy (non-hydrogen) atoms. The molecule has 0 aliphatic heterocycles. The van der Waals surface area contributed by atoms with Crippen molar-refractivity contribution < 1.29 is 23.8 Å². The molecule has 0 aliphatic carbocycles. The quantitative estimate of drug-likeness (QED) is 0.792. The number of ether oxygens (including phenoxy) is 2. The van der Waals surface area contributed by atoms with Gasteiger partial charge in [-0.3, -0.25) is 4.79 Å². The van der Waals surface area contributed by atoms with E-state index in [0.717, 1.165) is 0 Å². The van der Waals surface area contributed by atoms with Crippen molar-refractivity contribution in [2.45, 2.75) is 12.5 Å². The number of rotatable bonds is 4. The highest BCUT2D eigenvalue weighted by molar-refractivity contribution is 5.70. The maximum atomic E-state index is 13.4. The molecule has 0 aromatic heterocycles. The maximum absolute atomic E-state index is 13.4. The summed E-state index contributed by atoms with van der Waals surface area (Å²) >= 11 is 0. The number of aliphatic hydroxyl groups excluding tert-OH is 1. The lowest BCUT2D eigenvalue weighted by molar-refractivity contribution is -0.142. The van der Waals surface area contributed by atoms with Gasteiger partial charge in [-0.2, -0.15) is 0 Å². The molecule has 0 amide bonds. The van der Waals surface area contributed by atoms with Gasteiger partial charge in [0.05, 0.1) is 32.3 Å². The van der Waals surface area contributed by atoms with E-state index in [-0.39, 0.29) is 17.7 Å². The first-order valence-corrected chi connectivity index (χ1v) is 4.67. The van der Waals surface area contributed by atoms with Crippen LogP contribution in [0.4, 0.5) is 4.39 Å². The van der Waals surface area contributed by atoms with E-state index in [1.807, 2.05) is 0 Å². The molecule has 0 aliphatic rings. The fraction of sp³-hybridized carbons (Fsp3) is 0.364. The second-order valence-electron chi connectivity index (χ2n) is 3.15. The van der Waals surface area contributed by atoms with E-state index in [1.165, 1.54) is 32.4 Å². The van der Waals surface area contributed by atoms with Gasteiger partial charge in [0, 0.05) is 0 Å². The van der Waals surface area contributed by atoms with Gasteiger partial charge in [0.1, 0.15) is 11.6 Å². The number of esters is 1. The van der Waals surface area contributed by atoms with Crippen LogP contribution in [0.3, 0.4) is 0 Å². The fourth-order valence-corrected chi connectivity index (χ4v) is 1.36. The first-order valence-electron chi connectivity index (χ1n) is 4.67. The van der Waals surface area contributed by atoms with Crippen molar-refractivity contribution in [2.24, 2.45) is 0 Å². The molecule has 5 heteroatoms. The minimum atomic E-state index is -1.27. The van der Waals surface area contributed by atoms with Crippen LogP contribution < -0.4 is 4.74 Å². The van der Waals surface area contributed by atoms with Crippen molar-refractivity contribution in [3.63, 3.8) is 0 Å². The van der Waals surface area contributed by atoms with Crippen LogP contribution in [0.25, 0.3) is 0 Å². The average molecular weight is 228 g/mol. The predicted molar refractivity (Wildman–Crippen MR) is 54.5 cm³/mol. The summed E-state index contributed by atoms with van der Waals surface area (Å²) in [6.07, 6.45) is -1.59. The van der Waals surface area contributed by atoms with Gasteiger partial charge in [-0.1, -0.05) is 6.07 Å². The lowest BCUT2D eigenvalue weighted by atomic mass is 10.0. The lowest BCUT2D eigenvalue weighted by Crippen LogP contribution is -2.10. The third-order valence-electron chi connectivity index (χ3n) is 2.15. The number of hydrogen-bond acceptors (Lipinski definition) is 4. The van der Waals surface area contributed by atoms with Crippen LogP contribution in [-0.2, 0) is 9.53 Å². The Morgan fingerprint density at radius 3 is 2.75 bits per heavy atom. The molecule has 0 saturated heterocycles. The van der Waals surface area contributed by atoms with E-state index in [4.69, 9.17) is 4.74 Å². The topological polar surface area (TPSA) is 55.8 Å². The second-order valence-corrected chi connectivity index (χ2v) is 3.15. The van der Waals surface area contributed by atoms with E-state index in [2.05, 4.69) is 4.74 Å². The SMILES string of the molecule is COC(=O)C[C@H](O)c1c(F)cccc1OC. The summed E-state index contributed by atoms with van der Waals surface area (Å²) in [7, 11) is 2.57. The van der Waals surface area contributed by atoms with Gasteiger partial charge in [-0.05, 0) is 12.1 Å². The highest BCUT2D eigenvalue weighted by Gasteiger charge is 2.21. The molecule has 1 aromatic rings. The summed E-state index contributed by atoms with van der Waals surface area (Å²) in [6, 6.07) is 4.17. The summed E-state index contributed by atoms with van der Waals surface area (Å²) in [5.74, 6) is -1.02. The van der Waals surface area contributed by atoms with Crippen molar-refractivity contribution >= 4 is 5.97 Å². The van der Waals surface area contributed by atoms with Gasteiger partial charge in [0.15, 0.2) is 0 Å². The highest BCUT2D eigenvalue weighted by atomic mass is 19.1. The maximum Gasteiger partial charge on any atom is 0.308 e. The van der Waals surface area contributed by atoms with E-state index in [1.54, 1.807) is 0 Å². The van der Waals surface area contributed by atoms with Crippen LogP contribution in [0.2, 0.25) is 0 Å². The molecule has 0 saturated carbocycles. The molecule has 1 aromatic carbocycles. The number of carbonyl (C=O) groups excluding carboxylic acids is 1. The predicted octanol–water partition coefficient (Wildman–Crippen LogP) is 1.43. The Balaban J connectivity index is 2.97. The third-order valence-corrected chi connectivity index (χ3v) is 2.15. The number of benzene rings is 1. The van der Waals surface area contributed by atoms with Gasteiger partial charge in [-0.15, -0.1) is 0 Å². The molecule has 0 radical (unpaired) electrons. The molecule has 0 heterocycles. The van der Waals surface area contributed by atoms with Crippen molar-refractivity contribution in [2.75, 3.05) is 14.2 Å². The monoisotopic (exact) mass is 228 g/mol. The molecule has 0 spiro atoms. The number of hydrogen-bond donors (Lipinski definition) is 1. The van der Waals surface area contributed by atoms with E-state index >= 15 is 0 Å². The summed E-state index contributed by atoms with van der Waals surface area (Å²) in [5.41, 5.74) is -0.0320. The zero-order chi connectivity index (χ0) is 12.1. The zero-order valence-corrected chi connectivity index (χ0v) is 9.07. The van der Waals surface area contributed by atoms with Crippen molar-refractivity contribution in [1.29, 1.82) is 0 Å². The number of aliphatic hydroxyl groups is 1. The van der Waals surface area contributed by atoms with Crippen molar-refractivity contribution in [1.82, 2.24) is 0 Å². The molecule has 0 fully saturated rings. The Bertz CT molecular complexity index is 378. The lowest BCUT2D eigenvalue weighted by Gasteiger charge is -2.14. The minimum Gasteiger partial charge on any atom is -0.496 e. The molecular weight excluding hydrogens is 215 g/mol. The van der Waals surface area contributed by atoms with Crippen LogP contribution in [0.5, 0.6) is 5.75 Å². The average Bonchev–Trinajstić information content (AvgIpc) is 2.28. The Hall–Kier alpha value is -1.62. The first-order chi connectivity index (χ1) is 7.60. The van der Waals surface area contributed by atoms with Gasteiger partial charge < -0.3 is 14.6 Å². The molecule has 4 nitrogen and oxygen atoms in total. The Kier molecular flexibility index (Phi) is 4.25. The molecule has 0 unspecified atom stereocenters. The van der Waals surface area contributed by atoms with Gasteiger partial charge in [0.2, 0.25) is 0 Å². The van der Waals surface area contributed by atoms with Gasteiger partial charge >= 0.3 is 5.97 Å². The van der Waals surface area contributed by atoms with Crippen LogP contribution in [0.1, 0.15) is 18.1 Å². The van der Waals surface area contributed by atoms with Crippen LogP contribution in [-0.4, -0.2) is 25.3 Å². The molecule has 1 atom stereocenters. The van der Waals surface area contributed by atoms with E-state index < -0.39 is 17.9 Å². The van der Waals surface area contributed by atoms with Crippen LogP contribution >= 0.6 is 0 Å². The molecule has 1 rings (SSSR count). The molecule has 1 N–H and O–H groups in total. The summed E-state index contributed by atoms with van der Waals surface area (Å²) in [5, 5.41) is 9.69. The molecular formula is C11H13FO4. The highest BCUT2D eigenvalue weighted by Crippen LogP contribution is 2.29. The number of halogens is 1. The van der Waals surface area contributed by atoms with Crippen LogP contribution in [0, 0.1) is 5.82 Å². The smallest absolute Gasteiger partial charge is 0.308 e. The largest absolute Gasteiger partial charge is 0.496 e. The molecule has 0 bridgehead atoms. The zero-order valence-electron chi connectivity index (χ0n) is 9.07. The van der Waals surface area contributed by atoms with Crippen molar-refractivity contribution in [3.8, 4) is 5.75 Å². The Labute approximate surface area is 92.6 Å². The molecule has 88 valence electrons. The summed E-state index contributed by atoms with van der Waals surface area (Å²) < 4.78 is 22.8. The van der Waals surface area contributed by atoms with Crippen LogP contribution in [0.15, 0.2) is 18.2 Å². The Morgan fingerprint density at radius 1 is 1.50 bits per heavy atom. The number of carbonyl (C=O) groups is 1.